The predicted octanol–water partition coefficient (Wildman–Crippen LogP) is 3.02. The van der Waals surface area contributed by atoms with Crippen molar-refractivity contribution in [1.82, 2.24) is 4.90 Å². The van der Waals surface area contributed by atoms with Gasteiger partial charge in [-0.2, -0.15) is 0 Å². The van der Waals surface area contributed by atoms with Gasteiger partial charge in [0.1, 0.15) is 0 Å². The molecule has 0 saturated heterocycles. The Bertz CT molecular complexity index is 336. The van der Waals surface area contributed by atoms with Crippen LogP contribution >= 0.6 is 23.2 Å². The Morgan fingerprint density at radius 1 is 1.60 bits per heavy atom. The van der Waals surface area contributed by atoms with Crippen molar-refractivity contribution >= 4 is 29.1 Å². The lowest BCUT2D eigenvalue weighted by atomic mass is 10.3. The molecule has 0 fully saturated rings. The molecule has 1 atom stereocenters. The molecule has 1 heterocycles. The summed E-state index contributed by atoms with van der Waals surface area (Å²) in [6.07, 6.45) is 0.748. The Labute approximate surface area is 98.9 Å². The summed E-state index contributed by atoms with van der Waals surface area (Å²) in [6.45, 7) is 2.49. The highest BCUT2D eigenvalue weighted by molar-refractivity contribution is 6.29. The van der Waals surface area contributed by atoms with Gasteiger partial charge in [0.05, 0.1) is 0 Å². The number of carbonyl (C=O) groups excluding carboxylic acids is 1. The quantitative estimate of drug-likeness (QED) is 0.769. The van der Waals surface area contributed by atoms with Gasteiger partial charge in [0.2, 0.25) is 0 Å². The maximum atomic E-state index is 11.7. The molecule has 1 rings (SSSR count). The summed E-state index contributed by atoms with van der Waals surface area (Å²) in [5.41, 5.74) is 0. The van der Waals surface area contributed by atoms with E-state index < -0.39 is 0 Å². The first-order valence-corrected chi connectivity index (χ1v) is 5.47. The Kier molecular flexibility index (Phi) is 4.48. The Morgan fingerprint density at radius 3 is 2.73 bits per heavy atom. The molecule has 1 unspecified atom stereocenters. The number of nitrogens with zero attached hydrogens (tertiary/aromatic N) is 1. The minimum absolute atomic E-state index is 0.0560. The van der Waals surface area contributed by atoms with E-state index in [2.05, 4.69) is 0 Å². The summed E-state index contributed by atoms with van der Waals surface area (Å²) in [5, 5.41) is 0.276. The molecular weight excluding hydrogens is 237 g/mol. The normalized spacial score (nSPS) is 12.5. The molecule has 15 heavy (non-hydrogen) atoms. The largest absolute Gasteiger partial charge is 0.440 e. The van der Waals surface area contributed by atoms with Crippen LogP contribution in [0.1, 0.15) is 23.9 Å². The second-order valence-electron chi connectivity index (χ2n) is 3.40. The molecule has 0 saturated carbocycles. The van der Waals surface area contributed by atoms with Crippen LogP contribution in [0.25, 0.3) is 0 Å². The van der Waals surface area contributed by atoms with Gasteiger partial charge >= 0.3 is 0 Å². The van der Waals surface area contributed by atoms with Crippen molar-refractivity contribution in [3.05, 3.63) is 23.1 Å². The number of carbonyl (C=O) groups is 1. The second kappa shape index (κ2) is 5.42. The SMILES string of the molecule is CC(Cl)CCN(C)C(=O)c1ccc(Cl)o1. The van der Waals surface area contributed by atoms with Crippen LogP contribution in [0.3, 0.4) is 0 Å². The first kappa shape index (κ1) is 12.4. The van der Waals surface area contributed by atoms with E-state index in [-0.39, 0.29) is 22.3 Å². The van der Waals surface area contributed by atoms with Gasteiger partial charge in [-0.25, -0.2) is 0 Å². The van der Waals surface area contributed by atoms with E-state index in [0.29, 0.717) is 6.54 Å². The number of amides is 1. The minimum atomic E-state index is -0.181. The van der Waals surface area contributed by atoms with Gasteiger partial charge in [-0.1, -0.05) is 0 Å². The predicted molar refractivity (Wildman–Crippen MR) is 60.6 cm³/mol. The molecule has 0 aromatic carbocycles. The molecule has 0 aliphatic rings. The van der Waals surface area contributed by atoms with Crippen LogP contribution < -0.4 is 0 Å². The van der Waals surface area contributed by atoms with E-state index in [4.69, 9.17) is 27.6 Å². The minimum Gasteiger partial charge on any atom is -0.440 e. The van der Waals surface area contributed by atoms with Crippen LogP contribution in [0, 0.1) is 0 Å². The molecular formula is C10H13Cl2NO2. The molecule has 0 N–H and O–H groups in total. The molecule has 0 aliphatic heterocycles. The third kappa shape index (κ3) is 3.76. The molecule has 1 aromatic heterocycles. The Balaban J connectivity index is 2.53. The first-order valence-electron chi connectivity index (χ1n) is 4.65. The number of halogens is 2. The van der Waals surface area contributed by atoms with Gasteiger partial charge in [0.15, 0.2) is 11.0 Å². The van der Waals surface area contributed by atoms with Crippen molar-refractivity contribution in [2.75, 3.05) is 13.6 Å². The van der Waals surface area contributed by atoms with E-state index in [9.17, 15) is 4.79 Å². The first-order chi connectivity index (χ1) is 7.00. The van der Waals surface area contributed by atoms with Gasteiger partial charge in [-0.05, 0) is 37.1 Å². The number of furan rings is 1. The fourth-order valence-corrected chi connectivity index (χ4v) is 1.33. The van der Waals surface area contributed by atoms with E-state index in [1.807, 2.05) is 6.92 Å². The van der Waals surface area contributed by atoms with E-state index in [0.717, 1.165) is 6.42 Å². The fourth-order valence-electron chi connectivity index (χ4n) is 1.09. The smallest absolute Gasteiger partial charge is 0.289 e. The monoisotopic (exact) mass is 249 g/mol. The van der Waals surface area contributed by atoms with Gasteiger partial charge in [-0.15, -0.1) is 11.6 Å². The molecule has 5 heteroatoms. The van der Waals surface area contributed by atoms with Crippen molar-refractivity contribution in [2.24, 2.45) is 0 Å². The van der Waals surface area contributed by atoms with Crippen molar-refractivity contribution in [3.8, 4) is 0 Å². The highest BCUT2D eigenvalue weighted by Gasteiger charge is 2.15. The van der Waals surface area contributed by atoms with Gasteiger partial charge in [-0.3, -0.25) is 4.79 Å². The van der Waals surface area contributed by atoms with E-state index in [1.54, 1.807) is 24.1 Å². The Morgan fingerprint density at radius 2 is 2.27 bits per heavy atom. The molecule has 84 valence electrons. The molecule has 0 aliphatic carbocycles. The summed E-state index contributed by atoms with van der Waals surface area (Å²) in [5.74, 6) is 0.0731. The topological polar surface area (TPSA) is 33.5 Å². The van der Waals surface area contributed by atoms with Crippen LogP contribution in [0.5, 0.6) is 0 Å². The zero-order valence-electron chi connectivity index (χ0n) is 8.67. The van der Waals surface area contributed by atoms with Crippen LogP contribution in [-0.4, -0.2) is 29.8 Å². The highest BCUT2D eigenvalue weighted by Crippen LogP contribution is 2.15. The molecule has 0 radical (unpaired) electrons. The maximum absolute atomic E-state index is 11.7. The standard InChI is InChI=1S/C10H13Cl2NO2/c1-7(11)5-6-13(2)10(14)8-3-4-9(12)15-8/h3-4,7H,5-6H2,1-2H3. The van der Waals surface area contributed by atoms with Crippen molar-refractivity contribution in [1.29, 1.82) is 0 Å². The number of rotatable bonds is 4. The third-order valence-electron chi connectivity index (χ3n) is 1.99. The van der Waals surface area contributed by atoms with Gasteiger partial charge in [0.25, 0.3) is 5.91 Å². The van der Waals surface area contributed by atoms with Crippen LogP contribution in [-0.2, 0) is 0 Å². The summed E-state index contributed by atoms with van der Waals surface area (Å²) in [7, 11) is 1.71. The third-order valence-corrected chi connectivity index (χ3v) is 2.41. The average molecular weight is 250 g/mol. The van der Waals surface area contributed by atoms with Crippen LogP contribution in [0.4, 0.5) is 0 Å². The summed E-state index contributed by atoms with van der Waals surface area (Å²) in [6, 6.07) is 3.11. The molecule has 0 spiro atoms. The number of hydrogen-bond donors (Lipinski definition) is 0. The summed E-state index contributed by atoms with van der Waals surface area (Å²) < 4.78 is 5.01. The summed E-state index contributed by atoms with van der Waals surface area (Å²) >= 11 is 11.4. The molecule has 1 amide bonds. The van der Waals surface area contributed by atoms with Crippen LogP contribution in [0.15, 0.2) is 16.5 Å². The maximum Gasteiger partial charge on any atom is 0.289 e. The van der Waals surface area contributed by atoms with Crippen molar-refractivity contribution in [2.45, 2.75) is 18.7 Å². The average Bonchev–Trinajstić information content (AvgIpc) is 2.60. The number of alkyl halides is 1. The zero-order chi connectivity index (χ0) is 11.4. The van der Waals surface area contributed by atoms with Crippen molar-refractivity contribution < 1.29 is 9.21 Å². The van der Waals surface area contributed by atoms with Gasteiger partial charge < -0.3 is 9.32 Å². The second-order valence-corrected chi connectivity index (χ2v) is 4.52. The van der Waals surface area contributed by atoms with E-state index >= 15 is 0 Å². The van der Waals surface area contributed by atoms with Crippen LogP contribution in [0.2, 0.25) is 5.22 Å². The van der Waals surface area contributed by atoms with E-state index in [1.165, 1.54) is 0 Å². The summed E-state index contributed by atoms with van der Waals surface area (Å²) in [4.78, 5) is 13.3. The molecule has 1 aromatic rings. The fraction of sp³-hybridized carbons (Fsp3) is 0.500. The van der Waals surface area contributed by atoms with Crippen molar-refractivity contribution in [3.63, 3.8) is 0 Å². The zero-order valence-corrected chi connectivity index (χ0v) is 10.2. The lowest BCUT2D eigenvalue weighted by Crippen LogP contribution is -2.28. The number of hydrogen-bond acceptors (Lipinski definition) is 2. The lowest BCUT2D eigenvalue weighted by Gasteiger charge is -2.16. The van der Waals surface area contributed by atoms with Gasteiger partial charge in [0, 0.05) is 19.0 Å². The highest BCUT2D eigenvalue weighted by atomic mass is 35.5. The molecule has 3 nitrogen and oxygen atoms in total. The lowest BCUT2D eigenvalue weighted by molar-refractivity contribution is 0.0762. The molecule has 0 bridgehead atoms. The Hall–Kier alpha value is -0.670.